The van der Waals surface area contributed by atoms with Crippen molar-refractivity contribution in [3.8, 4) is 11.5 Å². The first kappa shape index (κ1) is 15.6. The molecule has 22 heavy (non-hydrogen) atoms. The van der Waals surface area contributed by atoms with Gasteiger partial charge < -0.3 is 9.84 Å². The fourth-order valence-corrected chi connectivity index (χ4v) is 1.88. The molecule has 5 nitrogen and oxygen atoms in total. The van der Waals surface area contributed by atoms with Gasteiger partial charge in [-0.3, -0.25) is 4.79 Å². The maximum atomic E-state index is 11.8. The van der Waals surface area contributed by atoms with Crippen molar-refractivity contribution in [1.29, 1.82) is 0 Å². The first-order chi connectivity index (χ1) is 10.6. The normalized spacial score (nSPS) is 10.6. The van der Waals surface area contributed by atoms with Crippen LogP contribution in [0.15, 0.2) is 47.6 Å². The minimum Gasteiger partial charge on any atom is -0.504 e. The lowest BCUT2D eigenvalue weighted by molar-refractivity contribution is -0.120. The average molecular weight is 298 g/mol. The van der Waals surface area contributed by atoms with Gasteiger partial charge in [0.25, 0.3) is 0 Å². The van der Waals surface area contributed by atoms with Crippen LogP contribution in [-0.4, -0.2) is 24.3 Å². The van der Waals surface area contributed by atoms with Crippen LogP contribution < -0.4 is 10.2 Å². The summed E-state index contributed by atoms with van der Waals surface area (Å²) in [6.45, 7) is 2.00. The van der Waals surface area contributed by atoms with E-state index >= 15 is 0 Å². The highest BCUT2D eigenvalue weighted by molar-refractivity contribution is 5.84. The maximum Gasteiger partial charge on any atom is 0.244 e. The number of hydrazone groups is 1. The van der Waals surface area contributed by atoms with Crippen LogP contribution in [-0.2, 0) is 11.2 Å². The Balaban J connectivity index is 1.91. The summed E-state index contributed by atoms with van der Waals surface area (Å²) < 4.78 is 5.00. The SMILES string of the molecule is COc1cc(/C=N\NC(=O)Cc2ccc(C)cc2)ccc1O. The Morgan fingerprint density at radius 1 is 1.27 bits per heavy atom. The highest BCUT2D eigenvalue weighted by atomic mass is 16.5. The van der Waals surface area contributed by atoms with E-state index in [2.05, 4.69) is 10.5 Å². The summed E-state index contributed by atoms with van der Waals surface area (Å²) in [7, 11) is 1.47. The number of nitrogens with one attached hydrogen (secondary N) is 1. The van der Waals surface area contributed by atoms with Gasteiger partial charge in [-0.2, -0.15) is 5.10 Å². The lowest BCUT2D eigenvalue weighted by Gasteiger charge is -2.04. The molecule has 0 spiro atoms. The van der Waals surface area contributed by atoms with E-state index in [-0.39, 0.29) is 18.1 Å². The summed E-state index contributed by atoms with van der Waals surface area (Å²) in [6, 6.07) is 12.6. The van der Waals surface area contributed by atoms with Crippen LogP contribution in [0.25, 0.3) is 0 Å². The van der Waals surface area contributed by atoms with Crippen molar-refractivity contribution in [1.82, 2.24) is 5.43 Å². The molecule has 0 aliphatic carbocycles. The second-order valence-electron chi connectivity index (χ2n) is 4.89. The Morgan fingerprint density at radius 2 is 2.00 bits per heavy atom. The van der Waals surface area contributed by atoms with Gasteiger partial charge in [0.1, 0.15) is 0 Å². The van der Waals surface area contributed by atoms with E-state index in [0.717, 1.165) is 11.1 Å². The molecule has 0 aromatic heterocycles. The van der Waals surface area contributed by atoms with Crippen LogP contribution in [0.2, 0.25) is 0 Å². The van der Waals surface area contributed by atoms with Crippen molar-refractivity contribution in [2.24, 2.45) is 5.10 Å². The molecule has 2 rings (SSSR count). The first-order valence-corrected chi connectivity index (χ1v) is 6.83. The Hall–Kier alpha value is -2.82. The first-order valence-electron chi connectivity index (χ1n) is 6.83. The van der Waals surface area contributed by atoms with E-state index in [4.69, 9.17) is 4.74 Å². The molecule has 0 aliphatic heterocycles. The van der Waals surface area contributed by atoms with Gasteiger partial charge in [-0.15, -0.1) is 0 Å². The van der Waals surface area contributed by atoms with E-state index in [1.165, 1.54) is 19.4 Å². The predicted octanol–water partition coefficient (Wildman–Crippen LogP) is 2.40. The molecule has 5 heteroatoms. The summed E-state index contributed by atoms with van der Waals surface area (Å²) in [5, 5.41) is 13.4. The Bertz CT molecular complexity index is 679. The summed E-state index contributed by atoms with van der Waals surface area (Å²) in [6.07, 6.45) is 1.77. The number of phenolic OH excluding ortho intramolecular Hbond substituents is 1. The van der Waals surface area contributed by atoms with Gasteiger partial charge >= 0.3 is 0 Å². The second-order valence-corrected chi connectivity index (χ2v) is 4.89. The van der Waals surface area contributed by atoms with E-state index in [9.17, 15) is 9.90 Å². The Labute approximate surface area is 129 Å². The zero-order valence-electron chi connectivity index (χ0n) is 12.5. The fourth-order valence-electron chi connectivity index (χ4n) is 1.88. The van der Waals surface area contributed by atoms with E-state index in [1.807, 2.05) is 31.2 Å². The molecule has 0 fully saturated rings. The highest BCUT2D eigenvalue weighted by Crippen LogP contribution is 2.25. The second kappa shape index (κ2) is 7.26. The predicted molar refractivity (Wildman–Crippen MR) is 85.3 cm³/mol. The number of hydrogen-bond acceptors (Lipinski definition) is 4. The van der Waals surface area contributed by atoms with Crippen molar-refractivity contribution < 1.29 is 14.6 Å². The number of rotatable bonds is 5. The molecule has 114 valence electrons. The van der Waals surface area contributed by atoms with Crippen LogP contribution >= 0.6 is 0 Å². The minimum atomic E-state index is -0.189. The minimum absolute atomic E-state index is 0.0584. The third-order valence-electron chi connectivity index (χ3n) is 3.09. The largest absolute Gasteiger partial charge is 0.504 e. The van der Waals surface area contributed by atoms with Crippen molar-refractivity contribution in [2.45, 2.75) is 13.3 Å². The number of aromatic hydroxyl groups is 1. The fraction of sp³-hybridized carbons (Fsp3) is 0.176. The molecule has 1 amide bonds. The molecular formula is C17H18N2O3. The van der Waals surface area contributed by atoms with Crippen molar-refractivity contribution in [3.05, 3.63) is 59.2 Å². The van der Waals surface area contributed by atoms with Gasteiger partial charge in [0.15, 0.2) is 11.5 Å². The van der Waals surface area contributed by atoms with E-state index in [1.54, 1.807) is 12.1 Å². The molecule has 0 aliphatic rings. The number of phenols is 1. The highest BCUT2D eigenvalue weighted by Gasteiger charge is 2.03. The molecule has 2 aromatic carbocycles. The van der Waals surface area contributed by atoms with Gasteiger partial charge in [0.2, 0.25) is 5.91 Å². The Kier molecular flexibility index (Phi) is 5.14. The third-order valence-corrected chi connectivity index (χ3v) is 3.09. The zero-order valence-corrected chi connectivity index (χ0v) is 12.5. The lowest BCUT2D eigenvalue weighted by Crippen LogP contribution is -2.19. The van der Waals surface area contributed by atoms with Gasteiger partial charge in [0, 0.05) is 0 Å². The number of hydrogen-bond donors (Lipinski definition) is 2. The van der Waals surface area contributed by atoms with E-state index in [0.29, 0.717) is 11.3 Å². The monoisotopic (exact) mass is 298 g/mol. The van der Waals surface area contributed by atoms with Gasteiger partial charge in [-0.1, -0.05) is 29.8 Å². The molecule has 0 saturated carbocycles. The quantitative estimate of drug-likeness (QED) is 0.658. The molecule has 2 aromatic rings. The molecular weight excluding hydrogens is 280 g/mol. The van der Waals surface area contributed by atoms with Crippen LogP contribution in [0.5, 0.6) is 11.5 Å². The number of amides is 1. The van der Waals surface area contributed by atoms with Crippen LogP contribution in [0.4, 0.5) is 0 Å². The number of aryl methyl sites for hydroxylation is 1. The standard InChI is InChI=1S/C17H18N2O3/c1-12-3-5-13(6-4-12)10-17(21)19-18-11-14-7-8-15(20)16(9-14)22-2/h3-9,11,20H,10H2,1-2H3,(H,19,21)/b18-11-. The summed E-state index contributed by atoms with van der Waals surface area (Å²) >= 11 is 0. The third kappa shape index (κ3) is 4.34. The van der Waals surface area contributed by atoms with Gasteiger partial charge in [0.05, 0.1) is 19.7 Å². The number of methoxy groups -OCH3 is 1. The topological polar surface area (TPSA) is 70.9 Å². The molecule has 0 saturated heterocycles. The van der Waals surface area contributed by atoms with Crippen molar-refractivity contribution in [3.63, 3.8) is 0 Å². The van der Waals surface area contributed by atoms with Gasteiger partial charge in [-0.25, -0.2) is 5.43 Å². The smallest absolute Gasteiger partial charge is 0.244 e. The van der Waals surface area contributed by atoms with E-state index < -0.39 is 0 Å². The number of carbonyl (C=O) groups excluding carboxylic acids is 1. The Morgan fingerprint density at radius 3 is 2.68 bits per heavy atom. The van der Waals surface area contributed by atoms with Gasteiger partial charge in [-0.05, 0) is 36.2 Å². The molecule has 0 heterocycles. The van der Waals surface area contributed by atoms with Crippen LogP contribution in [0, 0.1) is 6.92 Å². The lowest BCUT2D eigenvalue weighted by atomic mass is 10.1. The van der Waals surface area contributed by atoms with Crippen molar-refractivity contribution >= 4 is 12.1 Å². The molecule has 2 N–H and O–H groups in total. The summed E-state index contributed by atoms with van der Waals surface area (Å²) in [5.74, 6) is 0.226. The number of benzene rings is 2. The van der Waals surface area contributed by atoms with Crippen LogP contribution in [0.3, 0.4) is 0 Å². The number of nitrogens with zero attached hydrogens (tertiary/aromatic N) is 1. The molecule has 0 unspecified atom stereocenters. The number of carbonyl (C=O) groups is 1. The summed E-state index contributed by atoms with van der Waals surface area (Å²) in [5.41, 5.74) is 5.28. The summed E-state index contributed by atoms with van der Waals surface area (Å²) in [4.78, 5) is 11.8. The van der Waals surface area contributed by atoms with Crippen LogP contribution in [0.1, 0.15) is 16.7 Å². The molecule has 0 bridgehead atoms. The zero-order chi connectivity index (χ0) is 15.9. The number of ether oxygens (including phenoxy) is 1. The van der Waals surface area contributed by atoms with Crippen molar-refractivity contribution in [2.75, 3.05) is 7.11 Å². The maximum absolute atomic E-state index is 11.8. The average Bonchev–Trinajstić information content (AvgIpc) is 2.51. The molecule has 0 atom stereocenters. The molecule has 0 radical (unpaired) electrons.